The molecular weight excluding hydrogens is 248 g/mol. The van der Waals surface area contributed by atoms with Crippen molar-refractivity contribution in [2.45, 2.75) is 51.1 Å². The first kappa shape index (κ1) is 15.4. The van der Waals surface area contributed by atoms with E-state index in [0.717, 1.165) is 31.5 Å². The number of nitrogens with zero attached hydrogens (tertiary/aromatic N) is 2. The van der Waals surface area contributed by atoms with Gasteiger partial charge in [0.15, 0.2) is 5.96 Å². The summed E-state index contributed by atoms with van der Waals surface area (Å²) in [5.74, 6) is 1.86. The summed E-state index contributed by atoms with van der Waals surface area (Å²) in [5.41, 5.74) is 0. The first-order chi connectivity index (χ1) is 9.76. The van der Waals surface area contributed by atoms with E-state index in [1.807, 2.05) is 13.1 Å². The lowest BCUT2D eigenvalue weighted by atomic mass is 10.1. The van der Waals surface area contributed by atoms with Crippen LogP contribution in [0.25, 0.3) is 0 Å². The standard InChI is InChI=1S/C16H30N4/c1-4-6-13-12-15(13)19-16(17-3)18-14-7-10-20(9-5-2)11-8-14/h5,13-15H,2,4,6-12H2,1,3H3,(H2,17,18,19). The van der Waals surface area contributed by atoms with E-state index in [1.54, 1.807) is 0 Å². The van der Waals surface area contributed by atoms with E-state index in [4.69, 9.17) is 0 Å². The van der Waals surface area contributed by atoms with Crippen molar-refractivity contribution in [1.82, 2.24) is 15.5 Å². The molecule has 2 fully saturated rings. The fourth-order valence-electron chi connectivity index (χ4n) is 3.10. The molecule has 1 aliphatic heterocycles. The van der Waals surface area contributed by atoms with Gasteiger partial charge in [0.05, 0.1) is 0 Å². The smallest absolute Gasteiger partial charge is 0.191 e. The lowest BCUT2D eigenvalue weighted by molar-refractivity contribution is 0.225. The maximum absolute atomic E-state index is 4.38. The summed E-state index contributed by atoms with van der Waals surface area (Å²) in [5, 5.41) is 7.16. The van der Waals surface area contributed by atoms with Crippen molar-refractivity contribution in [1.29, 1.82) is 0 Å². The summed E-state index contributed by atoms with van der Waals surface area (Å²) >= 11 is 0. The zero-order chi connectivity index (χ0) is 14.4. The highest BCUT2D eigenvalue weighted by Gasteiger charge is 2.36. The van der Waals surface area contributed by atoms with Crippen molar-refractivity contribution in [3.63, 3.8) is 0 Å². The monoisotopic (exact) mass is 278 g/mol. The van der Waals surface area contributed by atoms with Crippen LogP contribution in [-0.4, -0.2) is 49.6 Å². The third-order valence-corrected chi connectivity index (χ3v) is 4.44. The van der Waals surface area contributed by atoms with E-state index in [-0.39, 0.29) is 0 Å². The first-order valence-electron chi connectivity index (χ1n) is 8.10. The van der Waals surface area contributed by atoms with E-state index in [0.29, 0.717) is 12.1 Å². The maximum atomic E-state index is 4.38. The Hall–Kier alpha value is -1.03. The van der Waals surface area contributed by atoms with Crippen LogP contribution in [-0.2, 0) is 0 Å². The van der Waals surface area contributed by atoms with Gasteiger partial charge in [0.1, 0.15) is 0 Å². The Morgan fingerprint density at radius 1 is 1.35 bits per heavy atom. The summed E-state index contributed by atoms with van der Waals surface area (Å²) in [6.45, 7) is 9.40. The second-order valence-electron chi connectivity index (χ2n) is 6.12. The molecule has 4 heteroatoms. The molecule has 20 heavy (non-hydrogen) atoms. The lowest BCUT2D eigenvalue weighted by Gasteiger charge is -2.32. The summed E-state index contributed by atoms with van der Waals surface area (Å²) in [6, 6.07) is 1.22. The number of aliphatic imine (C=N–C) groups is 1. The van der Waals surface area contributed by atoms with Gasteiger partial charge in [0, 0.05) is 38.8 Å². The Balaban J connectivity index is 1.68. The fourth-order valence-corrected chi connectivity index (χ4v) is 3.10. The topological polar surface area (TPSA) is 39.7 Å². The van der Waals surface area contributed by atoms with E-state index in [9.17, 15) is 0 Å². The lowest BCUT2D eigenvalue weighted by Crippen LogP contribution is -2.49. The molecule has 114 valence electrons. The van der Waals surface area contributed by atoms with Gasteiger partial charge < -0.3 is 10.6 Å². The van der Waals surface area contributed by atoms with Gasteiger partial charge in [-0.05, 0) is 31.6 Å². The van der Waals surface area contributed by atoms with Crippen molar-refractivity contribution in [3.05, 3.63) is 12.7 Å². The highest BCUT2D eigenvalue weighted by Crippen LogP contribution is 2.34. The highest BCUT2D eigenvalue weighted by atomic mass is 15.2. The molecule has 0 radical (unpaired) electrons. The van der Waals surface area contributed by atoms with Crippen LogP contribution in [0.1, 0.15) is 39.0 Å². The Kier molecular flexibility index (Phi) is 5.89. The van der Waals surface area contributed by atoms with Gasteiger partial charge in [-0.15, -0.1) is 6.58 Å². The number of rotatable bonds is 6. The Morgan fingerprint density at radius 2 is 2.10 bits per heavy atom. The molecule has 0 spiro atoms. The van der Waals surface area contributed by atoms with Gasteiger partial charge >= 0.3 is 0 Å². The minimum Gasteiger partial charge on any atom is -0.354 e. The van der Waals surface area contributed by atoms with Gasteiger partial charge in [0.25, 0.3) is 0 Å². The van der Waals surface area contributed by atoms with Crippen LogP contribution in [0.15, 0.2) is 17.6 Å². The minimum atomic E-state index is 0.561. The third kappa shape index (κ3) is 4.51. The third-order valence-electron chi connectivity index (χ3n) is 4.44. The normalized spacial score (nSPS) is 28.2. The van der Waals surface area contributed by atoms with E-state index in [2.05, 4.69) is 34.0 Å². The summed E-state index contributed by atoms with van der Waals surface area (Å²) in [6.07, 6.45) is 8.32. The van der Waals surface area contributed by atoms with Gasteiger partial charge in [-0.2, -0.15) is 0 Å². The Morgan fingerprint density at radius 3 is 2.70 bits per heavy atom. The molecule has 1 saturated carbocycles. The minimum absolute atomic E-state index is 0.561. The molecule has 2 atom stereocenters. The van der Waals surface area contributed by atoms with Gasteiger partial charge in [-0.3, -0.25) is 9.89 Å². The molecule has 4 nitrogen and oxygen atoms in total. The van der Waals surface area contributed by atoms with Gasteiger partial charge in [0.2, 0.25) is 0 Å². The van der Waals surface area contributed by atoms with Gasteiger partial charge in [-0.25, -0.2) is 0 Å². The van der Waals surface area contributed by atoms with Crippen LogP contribution in [0.4, 0.5) is 0 Å². The molecule has 1 aliphatic carbocycles. The van der Waals surface area contributed by atoms with Crippen LogP contribution in [0.3, 0.4) is 0 Å². The molecule has 0 aromatic rings. The highest BCUT2D eigenvalue weighted by molar-refractivity contribution is 5.80. The van der Waals surface area contributed by atoms with Crippen molar-refractivity contribution < 1.29 is 0 Å². The zero-order valence-electron chi connectivity index (χ0n) is 13.1. The molecule has 0 amide bonds. The van der Waals surface area contributed by atoms with E-state index in [1.165, 1.54) is 32.1 Å². The van der Waals surface area contributed by atoms with Crippen molar-refractivity contribution in [2.24, 2.45) is 10.9 Å². The number of nitrogens with one attached hydrogen (secondary N) is 2. The second kappa shape index (κ2) is 7.67. The SMILES string of the molecule is C=CCN1CCC(NC(=NC)NC2CC2CCC)CC1. The molecule has 0 aromatic carbocycles. The van der Waals surface area contributed by atoms with Crippen LogP contribution in [0, 0.1) is 5.92 Å². The predicted molar refractivity (Wildman–Crippen MR) is 86.1 cm³/mol. The average Bonchev–Trinajstić information content (AvgIpc) is 3.19. The zero-order valence-corrected chi connectivity index (χ0v) is 13.1. The predicted octanol–water partition coefficient (Wildman–Crippen LogP) is 1.99. The van der Waals surface area contributed by atoms with Gasteiger partial charge in [-0.1, -0.05) is 19.4 Å². The number of hydrogen-bond acceptors (Lipinski definition) is 2. The van der Waals surface area contributed by atoms with Crippen molar-refractivity contribution in [3.8, 4) is 0 Å². The molecule has 1 saturated heterocycles. The first-order valence-corrected chi connectivity index (χ1v) is 8.10. The van der Waals surface area contributed by atoms with Crippen molar-refractivity contribution >= 4 is 5.96 Å². The molecule has 2 N–H and O–H groups in total. The number of piperidine rings is 1. The van der Waals surface area contributed by atoms with Crippen LogP contribution >= 0.6 is 0 Å². The molecule has 2 unspecified atom stereocenters. The largest absolute Gasteiger partial charge is 0.354 e. The van der Waals surface area contributed by atoms with E-state index < -0.39 is 0 Å². The summed E-state index contributed by atoms with van der Waals surface area (Å²) < 4.78 is 0. The maximum Gasteiger partial charge on any atom is 0.191 e. The molecular formula is C16H30N4. The number of guanidine groups is 1. The molecule has 0 bridgehead atoms. The van der Waals surface area contributed by atoms with Crippen LogP contribution < -0.4 is 10.6 Å². The second-order valence-corrected chi connectivity index (χ2v) is 6.12. The number of likely N-dealkylation sites (tertiary alicyclic amines) is 1. The van der Waals surface area contributed by atoms with Crippen LogP contribution in [0.2, 0.25) is 0 Å². The Labute approximate surface area is 123 Å². The quantitative estimate of drug-likeness (QED) is 0.443. The summed E-state index contributed by atoms with van der Waals surface area (Å²) in [4.78, 5) is 6.83. The Bertz CT molecular complexity index is 331. The fraction of sp³-hybridized carbons (Fsp3) is 0.812. The number of hydrogen-bond donors (Lipinski definition) is 2. The van der Waals surface area contributed by atoms with Crippen LogP contribution in [0.5, 0.6) is 0 Å². The average molecular weight is 278 g/mol. The molecule has 2 rings (SSSR count). The summed E-state index contributed by atoms with van der Waals surface area (Å²) in [7, 11) is 1.87. The molecule has 2 aliphatic rings. The molecule has 1 heterocycles. The molecule has 0 aromatic heterocycles. The van der Waals surface area contributed by atoms with E-state index >= 15 is 0 Å². The van der Waals surface area contributed by atoms with Crippen molar-refractivity contribution in [2.75, 3.05) is 26.7 Å².